The first-order chi connectivity index (χ1) is 16.1. The van der Waals surface area contributed by atoms with Crippen molar-refractivity contribution < 1.29 is 18.7 Å². The molecule has 33 heavy (non-hydrogen) atoms. The molecule has 1 N–H and O–H groups in total. The molecule has 2 heterocycles. The smallest absolute Gasteiger partial charge is 0.322 e. The summed E-state index contributed by atoms with van der Waals surface area (Å²) in [4.78, 5) is 21.4. The second-order valence-electron chi connectivity index (χ2n) is 7.73. The van der Waals surface area contributed by atoms with E-state index in [4.69, 9.17) is 14.5 Å². The van der Waals surface area contributed by atoms with Crippen LogP contribution in [0.1, 0.15) is 5.56 Å². The number of benzene rings is 3. The average Bonchev–Trinajstić information content (AvgIpc) is 3.02. The molecule has 3 aromatic rings. The van der Waals surface area contributed by atoms with Crippen LogP contribution >= 0.6 is 0 Å². The van der Waals surface area contributed by atoms with E-state index in [0.717, 1.165) is 17.1 Å². The number of nitrogens with one attached hydrogen (secondary N) is 1. The summed E-state index contributed by atoms with van der Waals surface area (Å²) in [7, 11) is 1.61. The number of hydrogen-bond acceptors (Lipinski definition) is 5. The first-order valence-corrected chi connectivity index (χ1v) is 10.7. The molecule has 2 aliphatic heterocycles. The van der Waals surface area contributed by atoms with Gasteiger partial charge in [-0.15, -0.1) is 0 Å². The molecule has 0 saturated carbocycles. The van der Waals surface area contributed by atoms with Crippen molar-refractivity contribution in [2.45, 2.75) is 0 Å². The number of fused-ring (bicyclic) bond motifs is 2. The number of carbonyl (C=O) groups excluding carboxylic acids is 1. The Kier molecular flexibility index (Phi) is 5.56. The Balaban J connectivity index is 1.38. The van der Waals surface area contributed by atoms with Gasteiger partial charge in [-0.05, 0) is 36.4 Å². The molecule has 5 rings (SSSR count). The molecular formula is C25H23FN4O3. The maximum absolute atomic E-state index is 13.9. The van der Waals surface area contributed by atoms with E-state index in [2.05, 4.69) is 10.2 Å². The lowest BCUT2D eigenvalue weighted by atomic mass is 10.1. The zero-order valence-electron chi connectivity index (χ0n) is 18.1. The standard InChI is InChI=1S/C25H23FN4O3/c1-32-22-12-6-7-17-23(22)33-21-11-5-4-10-20(21)27-24(17)29-13-15-30(16-14-29)25(31)28-19-9-3-2-8-18(19)26/h2-12H,13-16H2,1H3,(H,28,31). The lowest BCUT2D eigenvalue weighted by Gasteiger charge is -2.36. The molecule has 8 heteroatoms. The number of urea groups is 1. The third-order valence-electron chi connectivity index (χ3n) is 5.73. The Morgan fingerprint density at radius 1 is 1.00 bits per heavy atom. The van der Waals surface area contributed by atoms with Gasteiger partial charge in [-0.25, -0.2) is 14.2 Å². The molecule has 7 nitrogen and oxygen atoms in total. The molecule has 0 aliphatic carbocycles. The summed E-state index contributed by atoms with van der Waals surface area (Å²) in [6.45, 7) is 2.09. The van der Waals surface area contributed by atoms with E-state index < -0.39 is 5.82 Å². The molecule has 0 aromatic heterocycles. The van der Waals surface area contributed by atoms with Crippen LogP contribution in [0.25, 0.3) is 0 Å². The number of ether oxygens (including phenoxy) is 2. The lowest BCUT2D eigenvalue weighted by Crippen LogP contribution is -2.51. The Morgan fingerprint density at radius 2 is 1.76 bits per heavy atom. The van der Waals surface area contributed by atoms with Gasteiger partial charge in [-0.2, -0.15) is 0 Å². The molecule has 3 aromatic carbocycles. The number of amidine groups is 1. The Hall–Kier alpha value is -4.07. The number of piperazine rings is 1. The maximum Gasteiger partial charge on any atom is 0.322 e. The van der Waals surface area contributed by atoms with Crippen molar-refractivity contribution in [1.82, 2.24) is 9.80 Å². The van der Waals surface area contributed by atoms with E-state index in [1.807, 2.05) is 42.5 Å². The molecule has 168 valence electrons. The summed E-state index contributed by atoms with van der Waals surface area (Å²) < 4.78 is 25.7. The minimum absolute atomic E-state index is 0.174. The SMILES string of the molecule is COc1cccc2c1Oc1ccccc1N=C2N1CCN(C(=O)Nc2ccccc2F)CC1. The fraction of sp³-hybridized carbons (Fsp3) is 0.200. The van der Waals surface area contributed by atoms with Crippen molar-refractivity contribution in [3.8, 4) is 17.2 Å². The Labute approximate surface area is 191 Å². The largest absolute Gasteiger partial charge is 0.493 e. The van der Waals surface area contributed by atoms with Crippen molar-refractivity contribution in [2.24, 2.45) is 4.99 Å². The van der Waals surface area contributed by atoms with Gasteiger partial charge in [0.05, 0.1) is 18.4 Å². The minimum atomic E-state index is -0.457. The van der Waals surface area contributed by atoms with Gasteiger partial charge >= 0.3 is 6.03 Å². The van der Waals surface area contributed by atoms with Gasteiger partial charge in [-0.3, -0.25) is 0 Å². The van der Waals surface area contributed by atoms with Gasteiger partial charge in [0.1, 0.15) is 17.3 Å². The first-order valence-electron chi connectivity index (χ1n) is 10.7. The highest BCUT2D eigenvalue weighted by Crippen LogP contribution is 2.42. The van der Waals surface area contributed by atoms with Crippen LogP contribution in [-0.2, 0) is 0 Å². The number of aliphatic imine (C=N–C) groups is 1. The van der Waals surface area contributed by atoms with Crippen LogP contribution in [0.3, 0.4) is 0 Å². The van der Waals surface area contributed by atoms with Gasteiger partial charge < -0.3 is 24.6 Å². The second kappa shape index (κ2) is 8.82. The maximum atomic E-state index is 13.9. The normalized spacial score (nSPS) is 14.9. The van der Waals surface area contributed by atoms with E-state index in [1.54, 1.807) is 30.2 Å². The Morgan fingerprint density at radius 3 is 2.55 bits per heavy atom. The quantitative estimate of drug-likeness (QED) is 0.610. The summed E-state index contributed by atoms with van der Waals surface area (Å²) >= 11 is 0. The number of hydrogen-bond donors (Lipinski definition) is 1. The molecule has 1 saturated heterocycles. The summed E-state index contributed by atoms with van der Waals surface area (Å²) in [6, 6.07) is 19.2. The topological polar surface area (TPSA) is 66.4 Å². The fourth-order valence-corrected chi connectivity index (χ4v) is 4.00. The van der Waals surface area contributed by atoms with Crippen LogP contribution in [0, 0.1) is 5.82 Å². The molecule has 0 bridgehead atoms. The van der Waals surface area contributed by atoms with E-state index in [1.165, 1.54) is 6.07 Å². The summed E-state index contributed by atoms with van der Waals surface area (Å²) in [5.74, 6) is 2.20. The molecule has 0 atom stereocenters. The first kappa shape index (κ1) is 20.8. The van der Waals surface area contributed by atoms with Gasteiger partial charge in [0.15, 0.2) is 17.2 Å². The highest BCUT2D eigenvalue weighted by molar-refractivity contribution is 6.04. The molecule has 0 unspecified atom stereocenters. The number of halogens is 1. The van der Waals surface area contributed by atoms with Gasteiger partial charge in [0.2, 0.25) is 0 Å². The minimum Gasteiger partial charge on any atom is -0.493 e. The van der Waals surface area contributed by atoms with E-state index >= 15 is 0 Å². The van der Waals surface area contributed by atoms with Crippen LogP contribution in [0.15, 0.2) is 71.7 Å². The predicted octanol–water partition coefficient (Wildman–Crippen LogP) is 4.87. The van der Waals surface area contributed by atoms with Crippen molar-refractivity contribution in [2.75, 3.05) is 38.6 Å². The van der Waals surface area contributed by atoms with Crippen LogP contribution in [0.2, 0.25) is 0 Å². The number of amides is 2. The monoisotopic (exact) mass is 446 g/mol. The number of para-hydroxylation sites is 4. The number of rotatable bonds is 2. The second-order valence-corrected chi connectivity index (χ2v) is 7.73. The zero-order valence-corrected chi connectivity index (χ0v) is 18.1. The van der Waals surface area contributed by atoms with Crippen molar-refractivity contribution in [3.63, 3.8) is 0 Å². The van der Waals surface area contributed by atoms with Crippen molar-refractivity contribution >= 4 is 23.2 Å². The van der Waals surface area contributed by atoms with E-state index in [9.17, 15) is 9.18 Å². The highest BCUT2D eigenvalue weighted by Gasteiger charge is 2.29. The molecule has 1 fully saturated rings. The summed E-state index contributed by atoms with van der Waals surface area (Å²) in [5, 5.41) is 2.65. The van der Waals surface area contributed by atoms with Crippen LogP contribution in [0.4, 0.5) is 20.6 Å². The molecule has 0 spiro atoms. The van der Waals surface area contributed by atoms with Gasteiger partial charge in [-0.1, -0.05) is 30.3 Å². The van der Waals surface area contributed by atoms with Crippen LogP contribution in [0.5, 0.6) is 17.2 Å². The molecular weight excluding hydrogens is 423 g/mol. The van der Waals surface area contributed by atoms with E-state index in [0.29, 0.717) is 43.4 Å². The predicted molar refractivity (Wildman–Crippen MR) is 124 cm³/mol. The number of methoxy groups -OCH3 is 1. The van der Waals surface area contributed by atoms with Crippen molar-refractivity contribution in [3.05, 3.63) is 78.1 Å². The Bertz CT molecular complexity index is 1220. The molecule has 2 amide bonds. The zero-order chi connectivity index (χ0) is 22.8. The number of nitrogens with zero attached hydrogens (tertiary/aromatic N) is 3. The average molecular weight is 446 g/mol. The number of anilines is 1. The van der Waals surface area contributed by atoms with Gasteiger partial charge in [0.25, 0.3) is 0 Å². The summed E-state index contributed by atoms with van der Waals surface area (Å²) in [5.41, 5.74) is 1.73. The molecule has 0 radical (unpaired) electrons. The van der Waals surface area contributed by atoms with Crippen LogP contribution < -0.4 is 14.8 Å². The summed E-state index contributed by atoms with van der Waals surface area (Å²) in [6.07, 6.45) is 0. The van der Waals surface area contributed by atoms with Gasteiger partial charge in [0, 0.05) is 26.2 Å². The third-order valence-corrected chi connectivity index (χ3v) is 5.73. The van der Waals surface area contributed by atoms with Crippen molar-refractivity contribution in [1.29, 1.82) is 0 Å². The van der Waals surface area contributed by atoms with Crippen LogP contribution in [-0.4, -0.2) is 55.0 Å². The number of carbonyl (C=O) groups is 1. The third kappa shape index (κ3) is 4.07. The lowest BCUT2D eigenvalue weighted by molar-refractivity contribution is 0.181. The van der Waals surface area contributed by atoms with E-state index in [-0.39, 0.29) is 11.7 Å². The fourth-order valence-electron chi connectivity index (χ4n) is 4.00. The molecule has 2 aliphatic rings. The highest BCUT2D eigenvalue weighted by atomic mass is 19.1.